The van der Waals surface area contributed by atoms with Crippen molar-refractivity contribution < 1.29 is 30.3 Å². The molecule has 0 aliphatic carbocycles. The number of rotatable bonds is 3. The van der Waals surface area contributed by atoms with Crippen LogP contribution >= 0.6 is 0 Å². The molecule has 1 aromatic carbocycles. The van der Waals surface area contributed by atoms with E-state index in [1.165, 1.54) is 0 Å². The van der Waals surface area contributed by atoms with Crippen LogP contribution < -0.4 is 5.73 Å². The zero-order chi connectivity index (χ0) is 12.5. The van der Waals surface area contributed by atoms with Crippen molar-refractivity contribution in [2.75, 3.05) is 0 Å². The Kier molecular flexibility index (Phi) is 3.21. The van der Waals surface area contributed by atoms with Crippen LogP contribution in [0, 0.1) is 0 Å². The van der Waals surface area contributed by atoms with E-state index in [0.717, 1.165) is 12.1 Å². The van der Waals surface area contributed by atoms with E-state index in [9.17, 15) is 15.0 Å². The molecule has 0 aliphatic heterocycles. The first-order valence-corrected chi connectivity index (χ1v) is 4.25. The van der Waals surface area contributed by atoms with E-state index in [-0.39, 0.29) is 5.56 Å². The van der Waals surface area contributed by atoms with Crippen LogP contribution in [0.15, 0.2) is 12.1 Å². The second kappa shape index (κ2) is 4.25. The van der Waals surface area contributed by atoms with Crippen LogP contribution in [0.5, 0.6) is 17.2 Å². The Balaban J connectivity index is 3.14. The third-order valence-corrected chi connectivity index (χ3v) is 2.07. The second-order valence-corrected chi connectivity index (χ2v) is 3.16. The SMILES string of the molecule is NC(=O)C(O)C(O)c1ccc(O)c(O)c1O. The van der Waals surface area contributed by atoms with Crippen LogP contribution in [0.2, 0.25) is 0 Å². The molecule has 0 aromatic heterocycles. The maximum Gasteiger partial charge on any atom is 0.249 e. The number of aliphatic hydroxyl groups excluding tert-OH is 2. The second-order valence-electron chi connectivity index (χ2n) is 3.16. The molecule has 1 rings (SSSR count). The van der Waals surface area contributed by atoms with Crippen molar-refractivity contribution in [2.24, 2.45) is 5.73 Å². The van der Waals surface area contributed by atoms with E-state index in [2.05, 4.69) is 0 Å². The molecule has 0 fully saturated rings. The van der Waals surface area contributed by atoms with E-state index >= 15 is 0 Å². The van der Waals surface area contributed by atoms with Crippen LogP contribution in [0.4, 0.5) is 0 Å². The van der Waals surface area contributed by atoms with Gasteiger partial charge in [0.25, 0.3) is 0 Å². The number of hydrogen-bond acceptors (Lipinski definition) is 6. The summed E-state index contributed by atoms with van der Waals surface area (Å²) in [5.74, 6) is -3.46. The molecule has 0 saturated heterocycles. The molecule has 1 aromatic rings. The van der Waals surface area contributed by atoms with Crippen LogP contribution in [0.3, 0.4) is 0 Å². The number of benzene rings is 1. The van der Waals surface area contributed by atoms with Crippen LogP contribution in [-0.2, 0) is 4.79 Å². The molecule has 7 heteroatoms. The van der Waals surface area contributed by atoms with Gasteiger partial charge in [0, 0.05) is 5.56 Å². The van der Waals surface area contributed by atoms with E-state index in [1.807, 2.05) is 0 Å². The standard InChI is InChI=1S/C9H11NO6/c10-9(16)8(15)6(13)3-1-2-4(11)7(14)5(3)12/h1-2,6,8,11-15H,(H2,10,16). The molecular weight excluding hydrogens is 218 g/mol. The van der Waals surface area contributed by atoms with Crippen LogP contribution in [-0.4, -0.2) is 37.5 Å². The molecule has 0 bridgehead atoms. The van der Waals surface area contributed by atoms with E-state index in [0.29, 0.717) is 0 Å². The van der Waals surface area contributed by atoms with E-state index in [4.69, 9.17) is 21.1 Å². The fraction of sp³-hybridized carbons (Fsp3) is 0.222. The van der Waals surface area contributed by atoms with E-state index < -0.39 is 35.4 Å². The molecule has 0 spiro atoms. The predicted molar refractivity (Wildman–Crippen MR) is 51.6 cm³/mol. The van der Waals surface area contributed by atoms with Crippen molar-refractivity contribution in [3.8, 4) is 17.2 Å². The molecule has 2 atom stereocenters. The van der Waals surface area contributed by atoms with Crippen molar-refractivity contribution in [1.82, 2.24) is 0 Å². The van der Waals surface area contributed by atoms with Crippen LogP contribution in [0.1, 0.15) is 11.7 Å². The van der Waals surface area contributed by atoms with Crippen molar-refractivity contribution in [2.45, 2.75) is 12.2 Å². The highest BCUT2D eigenvalue weighted by molar-refractivity contribution is 5.79. The molecule has 1 amide bonds. The molecule has 2 unspecified atom stereocenters. The van der Waals surface area contributed by atoms with Gasteiger partial charge in [-0.05, 0) is 12.1 Å². The van der Waals surface area contributed by atoms with Gasteiger partial charge in [-0.2, -0.15) is 0 Å². The quantitative estimate of drug-likeness (QED) is 0.355. The molecular formula is C9H11NO6. The molecule has 0 heterocycles. The lowest BCUT2D eigenvalue weighted by Gasteiger charge is -2.16. The van der Waals surface area contributed by atoms with Gasteiger partial charge in [0.1, 0.15) is 6.10 Å². The zero-order valence-electron chi connectivity index (χ0n) is 8.03. The molecule has 16 heavy (non-hydrogen) atoms. The first kappa shape index (κ1) is 12.1. The molecule has 88 valence electrons. The highest BCUT2D eigenvalue weighted by Gasteiger charge is 2.27. The number of amides is 1. The summed E-state index contributed by atoms with van der Waals surface area (Å²) < 4.78 is 0. The molecule has 0 aliphatic rings. The van der Waals surface area contributed by atoms with Gasteiger partial charge in [0.15, 0.2) is 17.6 Å². The maximum atomic E-state index is 10.6. The van der Waals surface area contributed by atoms with Gasteiger partial charge in [0.2, 0.25) is 11.7 Å². The van der Waals surface area contributed by atoms with Gasteiger partial charge in [-0.1, -0.05) is 0 Å². The summed E-state index contributed by atoms with van der Waals surface area (Å²) in [4.78, 5) is 10.6. The lowest BCUT2D eigenvalue weighted by Crippen LogP contribution is -2.33. The molecule has 7 nitrogen and oxygen atoms in total. The monoisotopic (exact) mass is 229 g/mol. The minimum Gasteiger partial charge on any atom is -0.504 e. The average Bonchev–Trinajstić information content (AvgIpc) is 2.24. The van der Waals surface area contributed by atoms with Crippen LogP contribution in [0.25, 0.3) is 0 Å². The summed E-state index contributed by atoms with van der Waals surface area (Å²) in [7, 11) is 0. The Morgan fingerprint density at radius 2 is 1.69 bits per heavy atom. The van der Waals surface area contributed by atoms with Crippen molar-refractivity contribution in [3.05, 3.63) is 17.7 Å². The summed E-state index contributed by atoms with van der Waals surface area (Å²) in [5, 5.41) is 46.1. The summed E-state index contributed by atoms with van der Waals surface area (Å²) in [6.45, 7) is 0. The average molecular weight is 229 g/mol. The number of hydrogen-bond donors (Lipinski definition) is 6. The Hall–Kier alpha value is -1.99. The minimum absolute atomic E-state index is 0.318. The summed E-state index contributed by atoms with van der Waals surface area (Å²) >= 11 is 0. The van der Waals surface area contributed by atoms with Gasteiger partial charge < -0.3 is 31.3 Å². The highest BCUT2D eigenvalue weighted by Crippen LogP contribution is 2.40. The molecule has 0 radical (unpaired) electrons. The lowest BCUT2D eigenvalue weighted by atomic mass is 10.0. The van der Waals surface area contributed by atoms with Gasteiger partial charge in [-0.3, -0.25) is 4.79 Å². The van der Waals surface area contributed by atoms with E-state index in [1.54, 1.807) is 0 Å². The zero-order valence-corrected chi connectivity index (χ0v) is 8.03. The van der Waals surface area contributed by atoms with Gasteiger partial charge in [-0.25, -0.2) is 0 Å². The smallest absolute Gasteiger partial charge is 0.249 e. The topological polar surface area (TPSA) is 144 Å². The number of nitrogens with two attached hydrogens (primary N) is 1. The third-order valence-electron chi connectivity index (χ3n) is 2.07. The van der Waals surface area contributed by atoms with Crippen molar-refractivity contribution >= 4 is 5.91 Å². The Morgan fingerprint density at radius 1 is 1.12 bits per heavy atom. The largest absolute Gasteiger partial charge is 0.504 e. The van der Waals surface area contributed by atoms with Gasteiger partial charge in [0.05, 0.1) is 0 Å². The number of phenols is 3. The fourth-order valence-corrected chi connectivity index (χ4v) is 1.15. The summed E-state index contributed by atoms with van der Waals surface area (Å²) in [6, 6.07) is 2.03. The predicted octanol–water partition coefficient (Wildman–Crippen LogP) is -1.32. The first-order chi connectivity index (χ1) is 7.36. The number of aliphatic hydroxyl groups is 2. The summed E-state index contributed by atoms with van der Waals surface area (Å²) in [5.41, 5.74) is 4.43. The fourth-order valence-electron chi connectivity index (χ4n) is 1.15. The van der Waals surface area contributed by atoms with Crippen molar-refractivity contribution in [3.63, 3.8) is 0 Å². The normalized spacial score (nSPS) is 14.4. The molecule has 0 saturated carbocycles. The number of phenolic OH excluding ortho intramolecular Hbond substituents is 3. The Labute approximate surface area is 90.0 Å². The number of carbonyl (C=O) groups is 1. The lowest BCUT2D eigenvalue weighted by molar-refractivity contribution is -0.132. The Bertz CT molecular complexity index is 419. The summed E-state index contributed by atoms with van der Waals surface area (Å²) in [6.07, 6.45) is -3.71. The highest BCUT2D eigenvalue weighted by atomic mass is 16.3. The number of primary amides is 1. The third kappa shape index (κ3) is 2.00. The molecule has 7 N–H and O–H groups in total. The van der Waals surface area contributed by atoms with Gasteiger partial charge >= 0.3 is 0 Å². The van der Waals surface area contributed by atoms with Gasteiger partial charge in [-0.15, -0.1) is 0 Å². The number of carbonyl (C=O) groups excluding carboxylic acids is 1. The maximum absolute atomic E-state index is 10.6. The first-order valence-electron chi connectivity index (χ1n) is 4.25. The minimum atomic E-state index is -1.92. The number of aromatic hydroxyl groups is 3. The van der Waals surface area contributed by atoms with Crippen molar-refractivity contribution in [1.29, 1.82) is 0 Å². The Morgan fingerprint density at radius 3 is 2.19 bits per heavy atom.